The standard InChI is InChI=1S/C11H14FNO/c1-3-4-10(13)9-7-8(12)5-6-11(9)14-2/h3,5-7,10H,1,4,13H2,2H3. The highest BCUT2D eigenvalue weighted by Crippen LogP contribution is 2.26. The van der Waals surface area contributed by atoms with E-state index in [-0.39, 0.29) is 11.9 Å². The molecule has 1 aromatic carbocycles. The molecular weight excluding hydrogens is 181 g/mol. The summed E-state index contributed by atoms with van der Waals surface area (Å²) in [7, 11) is 1.54. The van der Waals surface area contributed by atoms with Crippen molar-refractivity contribution in [3.63, 3.8) is 0 Å². The molecule has 0 aliphatic heterocycles. The highest BCUT2D eigenvalue weighted by molar-refractivity contribution is 5.36. The van der Waals surface area contributed by atoms with E-state index in [1.165, 1.54) is 19.2 Å². The molecule has 1 rings (SSSR count). The van der Waals surface area contributed by atoms with Crippen molar-refractivity contribution in [3.05, 3.63) is 42.2 Å². The highest BCUT2D eigenvalue weighted by atomic mass is 19.1. The van der Waals surface area contributed by atoms with Gasteiger partial charge in [0.25, 0.3) is 0 Å². The second-order valence-electron chi connectivity index (χ2n) is 3.02. The third kappa shape index (κ3) is 2.33. The van der Waals surface area contributed by atoms with E-state index in [1.54, 1.807) is 12.1 Å². The van der Waals surface area contributed by atoms with E-state index in [9.17, 15) is 4.39 Å². The minimum Gasteiger partial charge on any atom is -0.496 e. The third-order valence-electron chi connectivity index (χ3n) is 2.01. The van der Waals surface area contributed by atoms with Crippen LogP contribution in [-0.4, -0.2) is 7.11 Å². The zero-order chi connectivity index (χ0) is 10.6. The van der Waals surface area contributed by atoms with Gasteiger partial charge in [0.05, 0.1) is 7.11 Å². The van der Waals surface area contributed by atoms with Gasteiger partial charge in [-0.05, 0) is 24.6 Å². The minimum atomic E-state index is -0.305. The van der Waals surface area contributed by atoms with Gasteiger partial charge in [-0.2, -0.15) is 0 Å². The number of nitrogens with two attached hydrogens (primary N) is 1. The molecule has 14 heavy (non-hydrogen) atoms. The fourth-order valence-electron chi connectivity index (χ4n) is 1.30. The van der Waals surface area contributed by atoms with Crippen molar-refractivity contribution in [2.45, 2.75) is 12.5 Å². The molecule has 1 unspecified atom stereocenters. The maximum absolute atomic E-state index is 12.9. The van der Waals surface area contributed by atoms with E-state index in [0.717, 1.165) is 0 Å². The minimum absolute atomic E-state index is 0.266. The summed E-state index contributed by atoms with van der Waals surface area (Å²) in [4.78, 5) is 0. The van der Waals surface area contributed by atoms with Crippen molar-refractivity contribution in [1.82, 2.24) is 0 Å². The van der Waals surface area contributed by atoms with Gasteiger partial charge in [-0.1, -0.05) is 6.08 Å². The lowest BCUT2D eigenvalue weighted by Crippen LogP contribution is -2.10. The summed E-state index contributed by atoms with van der Waals surface area (Å²) in [6.45, 7) is 3.59. The number of halogens is 1. The van der Waals surface area contributed by atoms with Crippen LogP contribution in [0.5, 0.6) is 5.75 Å². The van der Waals surface area contributed by atoms with Gasteiger partial charge in [0, 0.05) is 11.6 Å². The molecule has 0 bridgehead atoms. The van der Waals surface area contributed by atoms with Crippen LogP contribution in [0.2, 0.25) is 0 Å². The van der Waals surface area contributed by atoms with Crippen LogP contribution in [0.25, 0.3) is 0 Å². The van der Waals surface area contributed by atoms with Gasteiger partial charge in [0.2, 0.25) is 0 Å². The molecule has 2 nitrogen and oxygen atoms in total. The van der Waals surface area contributed by atoms with E-state index in [2.05, 4.69) is 6.58 Å². The molecule has 0 aliphatic carbocycles. The van der Waals surface area contributed by atoms with E-state index in [4.69, 9.17) is 10.5 Å². The number of rotatable bonds is 4. The Labute approximate surface area is 83.2 Å². The Kier molecular flexibility index (Phi) is 3.65. The predicted molar refractivity (Wildman–Crippen MR) is 54.7 cm³/mol. The molecule has 3 heteroatoms. The fourth-order valence-corrected chi connectivity index (χ4v) is 1.30. The van der Waals surface area contributed by atoms with Crippen LogP contribution in [0.4, 0.5) is 4.39 Å². The van der Waals surface area contributed by atoms with Crippen LogP contribution in [0.15, 0.2) is 30.9 Å². The Hall–Kier alpha value is -1.35. The Bertz CT molecular complexity index is 325. The maximum Gasteiger partial charge on any atom is 0.123 e. The molecule has 0 spiro atoms. The Balaban J connectivity index is 3.02. The third-order valence-corrected chi connectivity index (χ3v) is 2.01. The van der Waals surface area contributed by atoms with Gasteiger partial charge in [-0.25, -0.2) is 4.39 Å². The smallest absolute Gasteiger partial charge is 0.123 e. The first kappa shape index (κ1) is 10.7. The molecule has 0 fully saturated rings. The average molecular weight is 195 g/mol. The molecule has 0 aromatic heterocycles. The molecule has 2 N–H and O–H groups in total. The lowest BCUT2D eigenvalue weighted by molar-refractivity contribution is 0.404. The molecular formula is C11H14FNO. The molecule has 76 valence electrons. The zero-order valence-corrected chi connectivity index (χ0v) is 8.16. The lowest BCUT2D eigenvalue weighted by atomic mass is 10.0. The van der Waals surface area contributed by atoms with Gasteiger partial charge in [0.1, 0.15) is 11.6 Å². The first-order chi connectivity index (χ1) is 6.69. The maximum atomic E-state index is 12.9. The monoisotopic (exact) mass is 195 g/mol. The van der Waals surface area contributed by atoms with Crippen LogP contribution in [0.3, 0.4) is 0 Å². The van der Waals surface area contributed by atoms with Crippen LogP contribution in [0.1, 0.15) is 18.0 Å². The molecule has 0 heterocycles. The van der Waals surface area contributed by atoms with Gasteiger partial charge >= 0.3 is 0 Å². The van der Waals surface area contributed by atoms with Crippen LogP contribution < -0.4 is 10.5 Å². The summed E-state index contributed by atoms with van der Waals surface area (Å²) in [6.07, 6.45) is 2.30. The Morgan fingerprint density at radius 2 is 2.36 bits per heavy atom. The van der Waals surface area contributed by atoms with Gasteiger partial charge in [-0.3, -0.25) is 0 Å². The van der Waals surface area contributed by atoms with Gasteiger partial charge in [-0.15, -0.1) is 6.58 Å². The van der Waals surface area contributed by atoms with E-state index >= 15 is 0 Å². The summed E-state index contributed by atoms with van der Waals surface area (Å²) in [5.74, 6) is 0.307. The summed E-state index contributed by atoms with van der Waals surface area (Å²) < 4.78 is 18.0. The fraction of sp³-hybridized carbons (Fsp3) is 0.273. The number of hydrogen-bond acceptors (Lipinski definition) is 2. The first-order valence-corrected chi connectivity index (χ1v) is 4.39. The molecule has 0 saturated carbocycles. The second kappa shape index (κ2) is 4.77. The molecule has 0 radical (unpaired) electrons. The van der Waals surface area contributed by atoms with Crippen molar-refractivity contribution in [3.8, 4) is 5.75 Å². The lowest BCUT2D eigenvalue weighted by Gasteiger charge is -2.13. The summed E-state index contributed by atoms with van der Waals surface area (Å²) >= 11 is 0. The number of methoxy groups -OCH3 is 1. The van der Waals surface area contributed by atoms with Crippen molar-refractivity contribution >= 4 is 0 Å². The molecule has 0 amide bonds. The quantitative estimate of drug-likeness (QED) is 0.749. The Morgan fingerprint density at radius 1 is 1.64 bits per heavy atom. The van der Waals surface area contributed by atoms with Crippen LogP contribution in [-0.2, 0) is 0 Å². The zero-order valence-electron chi connectivity index (χ0n) is 8.16. The molecule has 0 aliphatic rings. The molecule has 1 atom stereocenters. The largest absolute Gasteiger partial charge is 0.496 e. The summed E-state index contributed by atoms with van der Waals surface area (Å²) in [6, 6.07) is 4.06. The summed E-state index contributed by atoms with van der Waals surface area (Å²) in [5.41, 5.74) is 6.51. The predicted octanol–water partition coefficient (Wildman–Crippen LogP) is 2.41. The van der Waals surface area contributed by atoms with E-state index in [0.29, 0.717) is 17.7 Å². The topological polar surface area (TPSA) is 35.2 Å². The Morgan fingerprint density at radius 3 is 2.93 bits per heavy atom. The van der Waals surface area contributed by atoms with Crippen molar-refractivity contribution in [1.29, 1.82) is 0 Å². The van der Waals surface area contributed by atoms with Gasteiger partial charge in [0.15, 0.2) is 0 Å². The molecule has 0 saturated heterocycles. The summed E-state index contributed by atoms with van der Waals surface area (Å²) in [5, 5.41) is 0. The number of ether oxygens (including phenoxy) is 1. The van der Waals surface area contributed by atoms with Crippen LogP contribution >= 0.6 is 0 Å². The first-order valence-electron chi connectivity index (χ1n) is 4.39. The SMILES string of the molecule is C=CCC(N)c1cc(F)ccc1OC. The van der Waals surface area contributed by atoms with Crippen molar-refractivity contribution in [2.24, 2.45) is 5.73 Å². The highest BCUT2D eigenvalue weighted by Gasteiger charge is 2.11. The van der Waals surface area contributed by atoms with Crippen molar-refractivity contribution in [2.75, 3.05) is 7.11 Å². The van der Waals surface area contributed by atoms with E-state index in [1.807, 2.05) is 0 Å². The van der Waals surface area contributed by atoms with Gasteiger partial charge < -0.3 is 10.5 Å². The average Bonchev–Trinajstić information content (AvgIpc) is 2.18. The molecule has 1 aromatic rings. The second-order valence-corrected chi connectivity index (χ2v) is 3.02. The number of benzene rings is 1. The van der Waals surface area contributed by atoms with E-state index < -0.39 is 0 Å². The number of hydrogen-bond donors (Lipinski definition) is 1. The van der Waals surface area contributed by atoms with Crippen molar-refractivity contribution < 1.29 is 9.13 Å². The normalized spacial score (nSPS) is 12.2. The van der Waals surface area contributed by atoms with Crippen LogP contribution in [0, 0.1) is 5.82 Å².